The van der Waals surface area contributed by atoms with E-state index < -0.39 is 0 Å². The lowest BCUT2D eigenvalue weighted by molar-refractivity contribution is -1.02. The largest absolute Gasteiger partial charge is 0.378 e. The molecule has 1 aliphatic heterocycles. The van der Waals surface area contributed by atoms with Crippen molar-refractivity contribution < 1.29 is 14.6 Å². The molecule has 6 heteroatoms. The second-order valence-corrected chi connectivity index (χ2v) is 8.35. The Hall–Kier alpha value is -2.57. The Morgan fingerprint density at radius 2 is 1.62 bits per heavy atom. The molecule has 0 radical (unpaired) electrons. The lowest BCUT2D eigenvalue weighted by Gasteiger charge is -2.33. The van der Waals surface area contributed by atoms with Gasteiger partial charge in [0.15, 0.2) is 0 Å². The minimum atomic E-state index is -0.150. The number of urea groups is 1. The fourth-order valence-corrected chi connectivity index (χ4v) is 3.86. The molecule has 1 fully saturated rings. The lowest BCUT2D eigenvalue weighted by atomic mass is 10.0. The van der Waals surface area contributed by atoms with E-state index in [9.17, 15) is 4.79 Å². The first kappa shape index (κ1) is 21.1. The Kier molecular flexibility index (Phi) is 7.12. The molecule has 2 amide bonds. The van der Waals surface area contributed by atoms with Crippen LogP contribution in [0.1, 0.15) is 17.2 Å². The number of aryl methyl sites for hydroxylation is 1. The van der Waals surface area contributed by atoms with E-state index in [1.807, 2.05) is 31.2 Å². The number of hydrogen-bond donors (Lipinski definition) is 4. The summed E-state index contributed by atoms with van der Waals surface area (Å²) in [6, 6.07) is 16.7. The van der Waals surface area contributed by atoms with E-state index in [1.54, 1.807) is 9.80 Å². The van der Waals surface area contributed by atoms with Gasteiger partial charge < -0.3 is 25.3 Å². The standard InChI is InChI=1S/C23H33N5O/c1-18-5-9-20(10-6-18)25-23(29)24-17-22(28-15-13-27(4)14-16-28)19-7-11-21(12-8-19)26(2)3/h5-12,22H,13-17H2,1-4H3,(H2,24,25,29)/p+2/t22-/m1/s1. The zero-order valence-corrected chi connectivity index (χ0v) is 18.1. The highest BCUT2D eigenvalue weighted by molar-refractivity contribution is 5.89. The predicted octanol–water partition coefficient (Wildman–Crippen LogP) is 0.337. The molecule has 4 N–H and O–H groups in total. The van der Waals surface area contributed by atoms with Crippen LogP contribution < -0.4 is 25.3 Å². The molecular formula is C23H35N5O+2. The minimum absolute atomic E-state index is 0.150. The number of benzene rings is 2. The number of anilines is 2. The quantitative estimate of drug-likeness (QED) is 0.568. The van der Waals surface area contributed by atoms with Crippen LogP contribution in [0.3, 0.4) is 0 Å². The number of carbonyl (C=O) groups excluding carboxylic acids is 1. The van der Waals surface area contributed by atoms with Gasteiger partial charge in [0, 0.05) is 31.0 Å². The molecule has 0 aliphatic carbocycles. The zero-order valence-electron chi connectivity index (χ0n) is 18.1. The summed E-state index contributed by atoms with van der Waals surface area (Å²) in [4.78, 5) is 17.7. The van der Waals surface area contributed by atoms with Crippen molar-refractivity contribution in [1.82, 2.24) is 5.32 Å². The average molecular weight is 398 g/mol. The van der Waals surface area contributed by atoms with Gasteiger partial charge in [-0.15, -0.1) is 0 Å². The Labute approximate surface area is 174 Å². The van der Waals surface area contributed by atoms with Crippen LogP contribution in [0.25, 0.3) is 0 Å². The first-order valence-corrected chi connectivity index (χ1v) is 10.5. The fourth-order valence-electron chi connectivity index (χ4n) is 3.86. The SMILES string of the molecule is Cc1ccc(NC(=O)NC[C@H](c2ccc(N(C)C)cc2)[NH+]2CC[NH+](C)CC2)cc1. The van der Waals surface area contributed by atoms with Crippen molar-refractivity contribution in [3.63, 3.8) is 0 Å². The Bertz CT molecular complexity index is 780. The van der Waals surface area contributed by atoms with Gasteiger partial charge in [-0.25, -0.2) is 4.79 Å². The molecule has 3 rings (SSSR count). The summed E-state index contributed by atoms with van der Waals surface area (Å²) in [6.07, 6.45) is 0. The van der Waals surface area contributed by atoms with Crippen LogP contribution >= 0.6 is 0 Å². The Morgan fingerprint density at radius 1 is 1.00 bits per heavy atom. The third-order valence-corrected chi connectivity index (χ3v) is 5.83. The summed E-state index contributed by atoms with van der Waals surface area (Å²) in [7, 11) is 6.36. The van der Waals surface area contributed by atoms with E-state index in [-0.39, 0.29) is 12.1 Å². The molecule has 1 heterocycles. The molecule has 1 aliphatic rings. The average Bonchev–Trinajstić information content (AvgIpc) is 2.71. The minimum Gasteiger partial charge on any atom is -0.378 e. The first-order chi connectivity index (χ1) is 13.9. The molecule has 2 aromatic carbocycles. The van der Waals surface area contributed by atoms with Crippen LogP contribution in [0.15, 0.2) is 48.5 Å². The van der Waals surface area contributed by atoms with Crippen LogP contribution in [0, 0.1) is 6.92 Å². The summed E-state index contributed by atoms with van der Waals surface area (Å²) in [5.74, 6) is 0. The summed E-state index contributed by atoms with van der Waals surface area (Å²) < 4.78 is 0. The molecule has 0 saturated carbocycles. The van der Waals surface area contributed by atoms with Crippen LogP contribution in [0.2, 0.25) is 0 Å². The highest BCUT2D eigenvalue weighted by Gasteiger charge is 2.29. The van der Waals surface area contributed by atoms with Gasteiger partial charge >= 0.3 is 6.03 Å². The van der Waals surface area contributed by atoms with E-state index in [0.29, 0.717) is 6.54 Å². The zero-order chi connectivity index (χ0) is 20.8. The van der Waals surface area contributed by atoms with Gasteiger partial charge in [-0.1, -0.05) is 29.8 Å². The van der Waals surface area contributed by atoms with Crippen molar-refractivity contribution in [2.75, 3.05) is 64.1 Å². The van der Waals surface area contributed by atoms with E-state index >= 15 is 0 Å². The maximum atomic E-state index is 12.5. The highest BCUT2D eigenvalue weighted by atomic mass is 16.2. The van der Waals surface area contributed by atoms with E-state index in [0.717, 1.165) is 31.9 Å². The van der Waals surface area contributed by atoms with Crippen molar-refractivity contribution in [2.45, 2.75) is 13.0 Å². The third-order valence-electron chi connectivity index (χ3n) is 5.83. The van der Waals surface area contributed by atoms with Gasteiger partial charge in [-0.3, -0.25) is 0 Å². The maximum Gasteiger partial charge on any atom is 0.319 e. The van der Waals surface area contributed by atoms with Crippen molar-refractivity contribution in [3.8, 4) is 0 Å². The normalized spacial score (nSPS) is 20.0. The van der Waals surface area contributed by atoms with Crippen molar-refractivity contribution in [3.05, 3.63) is 59.7 Å². The van der Waals surface area contributed by atoms with Crippen LogP contribution in [-0.2, 0) is 0 Å². The van der Waals surface area contributed by atoms with Crippen LogP contribution in [0.5, 0.6) is 0 Å². The van der Waals surface area contributed by atoms with Crippen molar-refractivity contribution in [1.29, 1.82) is 0 Å². The summed E-state index contributed by atoms with van der Waals surface area (Å²) in [5.41, 5.74) is 4.46. The molecule has 29 heavy (non-hydrogen) atoms. The lowest BCUT2D eigenvalue weighted by Crippen LogP contribution is -3.27. The van der Waals surface area contributed by atoms with E-state index in [2.05, 4.69) is 60.9 Å². The summed E-state index contributed by atoms with van der Waals surface area (Å²) in [5, 5.41) is 6.04. The molecule has 0 aromatic heterocycles. The van der Waals surface area contributed by atoms with Crippen molar-refractivity contribution >= 4 is 17.4 Å². The van der Waals surface area contributed by atoms with Crippen LogP contribution in [0.4, 0.5) is 16.2 Å². The molecule has 1 saturated heterocycles. The summed E-state index contributed by atoms with van der Waals surface area (Å²) >= 11 is 0. The van der Waals surface area contributed by atoms with E-state index in [4.69, 9.17) is 0 Å². The number of rotatable bonds is 6. The molecule has 0 bridgehead atoms. The molecule has 1 atom stereocenters. The third kappa shape index (κ3) is 5.95. The number of nitrogens with zero attached hydrogens (tertiary/aromatic N) is 1. The second-order valence-electron chi connectivity index (χ2n) is 8.35. The molecule has 2 aromatic rings. The van der Waals surface area contributed by atoms with Crippen LogP contribution in [-0.4, -0.2) is 59.9 Å². The Morgan fingerprint density at radius 3 is 2.21 bits per heavy atom. The van der Waals surface area contributed by atoms with Gasteiger partial charge in [0.25, 0.3) is 0 Å². The molecule has 156 valence electrons. The van der Waals surface area contributed by atoms with Gasteiger partial charge in [0.05, 0.1) is 13.6 Å². The molecule has 6 nitrogen and oxygen atoms in total. The smallest absolute Gasteiger partial charge is 0.319 e. The monoisotopic (exact) mass is 397 g/mol. The van der Waals surface area contributed by atoms with Gasteiger partial charge in [-0.2, -0.15) is 0 Å². The number of nitrogens with one attached hydrogen (secondary N) is 4. The Balaban J connectivity index is 1.67. The number of likely N-dealkylation sites (N-methyl/N-ethyl adjacent to an activating group) is 1. The second kappa shape index (κ2) is 9.76. The van der Waals surface area contributed by atoms with E-state index in [1.165, 1.54) is 16.8 Å². The van der Waals surface area contributed by atoms with Gasteiger partial charge in [0.1, 0.15) is 32.2 Å². The van der Waals surface area contributed by atoms with Gasteiger partial charge in [-0.05, 0) is 31.2 Å². The molecular weight excluding hydrogens is 362 g/mol. The maximum absolute atomic E-state index is 12.5. The molecule has 0 unspecified atom stereocenters. The number of hydrogen-bond acceptors (Lipinski definition) is 2. The number of amides is 2. The number of piperazine rings is 1. The number of carbonyl (C=O) groups is 1. The first-order valence-electron chi connectivity index (χ1n) is 10.5. The van der Waals surface area contributed by atoms with Crippen molar-refractivity contribution in [2.24, 2.45) is 0 Å². The highest BCUT2D eigenvalue weighted by Crippen LogP contribution is 2.16. The van der Waals surface area contributed by atoms with Gasteiger partial charge in [0.2, 0.25) is 0 Å². The molecule has 0 spiro atoms. The fraction of sp³-hybridized carbons (Fsp3) is 0.435. The summed E-state index contributed by atoms with van der Waals surface area (Å²) in [6.45, 7) is 7.22. The number of quaternary nitrogens is 2. The predicted molar refractivity (Wildman–Crippen MR) is 119 cm³/mol. The topological polar surface area (TPSA) is 53.2 Å².